The van der Waals surface area contributed by atoms with Gasteiger partial charge in [-0.25, -0.2) is 9.59 Å². The summed E-state index contributed by atoms with van der Waals surface area (Å²) in [5.41, 5.74) is -0.942. The summed E-state index contributed by atoms with van der Waals surface area (Å²) in [6.07, 6.45) is 0. The molecular formula is C13H20N2O4S. The van der Waals surface area contributed by atoms with Gasteiger partial charge in [0.1, 0.15) is 0 Å². The number of carboxylic acid groups (broad SMARTS) is 1. The highest BCUT2D eigenvalue weighted by Crippen LogP contribution is 2.25. The van der Waals surface area contributed by atoms with E-state index in [2.05, 4.69) is 10.6 Å². The first-order chi connectivity index (χ1) is 9.13. The summed E-state index contributed by atoms with van der Waals surface area (Å²) in [5.74, 6) is -1.38. The van der Waals surface area contributed by atoms with Gasteiger partial charge < -0.3 is 20.8 Å². The van der Waals surface area contributed by atoms with Gasteiger partial charge in [0.15, 0.2) is 5.60 Å². The Kier molecular flexibility index (Phi) is 5.13. The predicted octanol–water partition coefficient (Wildman–Crippen LogP) is 1.56. The zero-order chi connectivity index (χ0) is 15.5. The molecule has 0 spiro atoms. The zero-order valence-electron chi connectivity index (χ0n) is 12.0. The van der Waals surface area contributed by atoms with E-state index in [9.17, 15) is 14.7 Å². The van der Waals surface area contributed by atoms with Crippen molar-refractivity contribution in [2.24, 2.45) is 0 Å². The maximum Gasteiger partial charge on any atom is 0.337 e. The Balaban J connectivity index is 2.55. The van der Waals surface area contributed by atoms with Gasteiger partial charge in [0.05, 0.1) is 12.6 Å². The lowest BCUT2D eigenvalue weighted by Gasteiger charge is -2.20. The quantitative estimate of drug-likeness (QED) is 0.663. The number of rotatable bonds is 5. The number of aryl methyl sites for hydroxylation is 2. The van der Waals surface area contributed by atoms with Crippen LogP contribution in [0, 0.1) is 13.8 Å². The lowest BCUT2D eigenvalue weighted by atomic mass is 10.1. The van der Waals surface area contributed by atoms with E-state index in [1.54, 1.807) is 11.3 Å². The number of aliphatic carboxylic acids is 1. The topological polar surface area (TPSA) is 98.7 Å². The Morgan fingerprint density at radius 3 is 2.50 bits per heavy atom. The van der Waals surface area contributed by atoms with Gasteiger partial charge >= 0.3 is 12.0 Å². The Labute approximate surface area is 121 Å². The van der Waals surface area contributed by atoms with Crippen LogP contribution >= 0.6 is 11.3 Å². The first-order valence-electron chi connectivity index (χ1n) is 6.20. The van der Waals surface area contributed by atoms with E-state index >= 15 is 0 Å². The van der Waals surface area contributed by atoms with Crippen molar-refractivity contribution >= 4 is 23.3 Å². The van der Waals surface area contributed by atoms with E-state index in [1.165, 1.54) is 4.88 Å². The average Bonchev–Trinajstić information content (AvgIpc) is 2.66. The molecular weight excluding hydrogens is 280 g/mol. The molecule has 0 radical (unpaired) electrons. The number of carbonyl (C=O) groups excluding carboxylic acids is 1. The predicted molar refractivity (Wildman–Crippen MR) is 77.0 cm³/mol. The van der Waals surface area contributed by atoms with Gasteiger partial charge in [-0.3, -0.25) is 0 Å². The second-order valence-corrected chi connectivity index (χ2v) is 6.46. The molecule has 4 N–H and O–H groups in total. The average molecular weight is 300 g/mol. The van der Waals surface area contributed by atoms with Crippen molar-refractivity contribution in [1.29, 1.82) is 0 Å². The van der Waals surface area contributed by atoms with E-state index in [0.717, 1.165) is 17.4 Å². The highest BCUT2D eigenvalue weighted by atomic mass is 32.1. The Hall–Kier alpha value is -1.60. The summed E-state index contributed by atoms with van der Waals surface area (Å²) >= 11 is 1.66. The normalized spacial score (nSPS) is 15.2. The van der Waals surface area contributed by atoms with Crippen LogP contribution < -0.4 is 10.6 Å². The minimum Gasteiger partial charge on any atom is -0.479 e. The molecule has 20 heavy (non-hydrogen) atoms. The van der Waals surface area contributed by atoms with Gasteiger partial charge in [0.25, 0.3) is 0 Å². The lowest BCUT2D eigenvalue weighted by molar-refractivity contribution is -0.155. The lowest BCUT2D eigenvalue weighted by Crippen LogP contribution is -2.49. The fraction of sp³-hybridized carbons (Fsp3) is 0.538. The van der Waals surface area contributed by atoms with Gasteiger partial charge in [0, 0.05) is 9.75 Å². The SMILES string of the molecule is Cc1cc(C(C)NC(=O)NCC(C)(O)C(=O)O)c(C)s1. The van der Waals surface area contributed by atoms with Gasteiger partial charge in [-0.15, -0.1) is 11.3 Å². The summed E-state index contributed by atoms with van der Waals surface area (Å²) in [4.78, 5) is 24.7. The van der Waals surface area contributed by atoms with E-state index < -0.39 is 17.6 Å². The van der Waals surface area contributed by atoms with Crippen molar-refractivity contribution in [3.05, 3.63) is 21.4 Å². The van der Waals surface area contributed by atoms with Crippen molar-refractivity contribution in [3.8, 4) is 0 Å². The molecule has 0 aromatic carbocycles. The van der Waals surface area contributed by atoms with Crippen molar-refractivity contribution in [2.75, 3.05) is 6.54 Å². The molecule has 0 bridgehead atoms. The number of hydrogen-bond acceptors (Lipinski definition) is 4. The number of carbonyl (C=O) groups is 2. The van der Waals surface area contributed by atoms with Crippen LogP contribution in [0.3, 0.4) is 0 Å². The van der Waals surface area contributed by atoms with Gasteiger partial charge in [0.2, 0.25) is 0 Å². The maximum atomic E-state index is 11.7. The smallest absolute Gasteiger partial charge is 0.337 e. The Morgan fingerprint density at radius 2 is 2.05 bits per heavy atom. The maximum absolute atomic E-state index is 11.7. The molecule has 1 aromatic heterocycles. The van der Waals surface area contributed by atoms with Crippen LogP contribution in [0.5, 0.6) is 0 Å². The van der Waals surface area contributed by atoms with Crippen LogP contribution in [-0.2, 0) is 4.79 Å². The number of amides is 2. The molecule has 1 rings (SSSR count). The van der Waals surface area contributed by atoms with E-state index in [-0.39, 0.29) is 12.6 Å². The molecule has 6 nitrogen and oxygen atoms in total. The third kappa shape index (κ3) is 4.21. The van der Waals surface area contributed by atoms with Crippen LogP contribution in [-0.4, -0.2) is 34.4 Å². The molecule has 1 aromatic rings. The number of nitrogens with one attached hydrogen (secondary N) is 2. The van der Waals surface area contributed by atoms with Crippen LogP contribution in [0.25, 0.3) is 0 Å². The number of urea groups is 1. The largest absolute Gasteiger partial charge is 0.479 e. The molecule has 0 saturated heterocycles. The Morgan fingerprint density at radius 1 is 1.45 bits per heavy atom. The molecule has 0 aliphatic heterocycles. The number of hydrogen-bond donors (Lipinski definition) is 4. The molecule has 7 heteroatoms. The minimum atomic E-state index is -1.98. The highest BCUT2D eigenvalue weighted by molar-refractivity contribution is 7.12. The van der Waals surface area contributed by atoms with Crippen molar-refractivity contribution in [1.82, 2.24) is 10.6 Å². The van der Waals surface area contributed by atoms with Crippen molar-refractivity contribution < 1.29 is 19.8 Å². The second-order valence-electron chi connectivity index (χ2n) is 5.00. The molecule has 112 valence electrons. The van der Waals surface area contributed by atoms with E-state index in [0.29, 0.717) is 0 Å². The van der Waals surface area contributed by atoms with Gasteiger partial charge in [-0.05, 0) is 39.3 Å². The summed E-state index contributed by atoms with van der Waals surface area (Å²) in [6.45, 7) is 6.60. The molecule has 2 atom stereocenters. The van der Waals surface area contributed by atoms with Crippen LogP contribution in [0.2, 0.25) is 0 Å². The fourth-order valence-electron chi connectivity index (χ4n) is 1.73. The fourth-order valence-corrected chi connectivity index (χ4v) is 2.76. The Bertz CT molecular complexity index is 510. The van der Waals surface area contributed by atoms with Gasteiger partial charge in [-0.1, -0.05) is 0 Å². The first-order valence-corrected chi connectivity index (χ1v) is 7.02. The third-order valence-electron chi connectivity index (χ3n) is 2.95. The zero-order valence-corrected chi connectivity index (χ0v) is 12.8. The van der Waals surface area contributed by atoms with E-state index in [4.69, 9.17) is 5.11 Å². The van der Waals surface area contributed by atoms with Crippen molar-refractivity contribution in [3.63, 3.8) is 0 Å². The number of thiophene rings is 1. The van der Waals surface area contributed by atoms with Crippen LogP contribution in [0.15, 0.2) is 6.07 Å². The standard InChI is InChI=1S/C13H20N2O4S/c1-7-5-10(9(3)20-7)8(2)15-12(18)14-6-13(4,19)11(16)17/h5,8,19H,6H2,1-4H3,(H,16,17)(H2,14,15,18). The van der Waals surface area contributed by atoms with Crippen molar-refractivity contribution in [2.45, 2.75) is 39.3 Å². The molecule has 0 aliphatic rings. The summed E-state index contributed by atoms with van der Waals surface area (Å²) < 4.78 is 0. The van der Waals surface area contributed by atoms with Gasteiger partial charge in [-0.2, -0.15) is 0 Å². The minimum absolute atomic E-state index is 0.185. The second kappa shape index (κ2) is 6.23. The third-order valence-corrected chi connectivity index (χ3v) is 3.93. The molecule has 2 unspecified atom stereocenters. The molecule has 2 amide bonds. The molecule has 0 aliphatic carbocycles. The summed E-state index contributed by atoms with van der Waals surface area (Å²) in [7, 11) is 0. The van der Waals surface area contributed by atoms with Crippen LogP contribution in [0.1, 0.15) is 35.2 Å². The number of carboxylic acids is 1. The molecule has 0 fully saturated rings. The summed E-state index contributed by atoms with van der Waals surface area (Å²) in [5, 5.41) is 23.3. The molecule has 1 heterocycles. The van der Waals surface area contributed by atoms with E-state index in [1.807, 2.05) is 26.8 Å². The van der Waals surface area contributed by atoms with Crippen LogP contribution in [0.4, 0.5) is 4.79 Å². The monoisotopic (exact) mass is 300 g/mol. The first kappa shape index (κ1) is 16.5. The number of aliphatic hydroxyl groups is 1. The molecule has 0 saturated carbocycles. The highest BCUT2D eigenvalue weighted by Gasteiger charge is 2.30. The summed E-state index contributed by atoms with van der Waals surface area (Å²) in [6, 6.07) is 1.32.